The molecule has 0 fully saturated rings. The van der Waals surface area contributed by atoms with Crippen LogP contribution in [0.25, 0.3) is 0 Å². The molecule has 0 spiro atoms. The van der Waals surface area contributed by atoms with Crippen molar-refractivity contribution in [1.29, 1.82) is 0 Å². The fourth-order valence-corrected chi connectivity index (χ4v) is 1.26. The molecule has 0 aliphatic heterocycles. The van der Waals surface area contributed by atoms with E-state index in [4.69, 9.17) is 11.2 Å². The second-order valence-corrected chi connectivity index (χ2v) is 3.13. The van der Waals surface area contributed by atoms with Crippen LogP contribution >= 0.6 is 15.9 Å². The Morgan fingerprint density at radius 2 is 2.07 bits per heavy atom. The van der Waals surface area contributed by atoms with Gasteiger partial charge in [-0.2, -0.15) is 0 Å². The van der Waals surface area contributed by atoms with E-state index in [9.17, 15) is 4.79 Å². The first-order valence-corrected chi connectivity index (χ1v) is 5.15. The molecule has 1 aromatic rings. The largest absolute Gasteiger partial charge is 0.481 e. The SMILES string of the molecule is C#CCOc1ccc(C(=O)CBr)cc1. The highest BCUT2D eigenvalue weighted by atomic mass is 79.9. The maximum Gasteiger partial charge on any atom is 0.173 e. The lowest BCUT2D eigenvalue weighted by molar-refractivity contribution is 0.102. The fourth-order valence-electron chi connectivity index (χ4n) is 0.939. The van der Waals surface area contributed by atoms with E-state index < -0.39 is 0 Å². The van der Waals surface area contributed by atoms with Gasteiger partial charge in [-0.25, -0.2) is 0 Å². The zero-order valence-electron chi connectivity index (χ0n) is 7.50. The van der Waals surface area contributed by atoms with Crippen molar-refractivity contribution >= 4 is 21.7 Å². The Balaban J connectivity index is 2.69. The Morgan fingerprint density at radius 3 is 2.57 bits per heavy atom. The van der Waals surface area contributed by atoms with Gasteiger partial charge in [-0.15, -0.1) is 6.42 Å². The van der Waals surface area contributed by atoms with Crippen LogP contribution in [0.5, 0.6) is 5.75 Å². The summed E-state index contributed by atoms with van der Waals surface area (Å²) in [4.78, 5) is 11.2. The summed E-state index contributed by atoms with van der Waals surface area (Å²) in [6.45, 7) is 0.242. The lowest BCUT2D eigenvalue weighted by atomic mass is 10.1. The van der Waals surface area contributed by atoms with E-state index in [-0.39, 0.29) is 12.4 Å². The Labute approximate surface area is 91.4 Å². The molecule has 2 nitrogen and oxygen atoms in total. The van der Waals surface area contributed by atoms with Crippen LogP contribution in [0.1, 0.15) is 10.4 Å². The van der Waals surface area contributed by atoms with Crippen molar-refractivity contribution in [1.82, 2.24) is 0 Å². The number of ketones is 1. The third kappa shape index (κ3) is 2.90. The van der Waals surface area contributed by atoms with E-state index in [1.807, 2.05) is 0 Å². The van der Waals surface area contributed by atoms with Crippen LogP contribution in [-0.4, -0.2) is 17.7 Å². The molecule has 0 N–H and O–H groups in total. The highest BCUT2D eigenvalue weighted by molar-refractivity contribution is 9.09. The highest BCUT2D eigenvalue weighted by Gasteiger charge is 2.02. The molecule has 0 saturated heterocycles. The number of rotatable bonds is 4. The van der Waals surface area contributed by atoms with Crippen LogP contribution < -0.4 is 4.74 Å². The lowest BCUT2D eigenvalue weighted by Gasteiger charge is -2.02. The number of halogens is 1. The zero-order valence-corrected chi connectivity index (χ0v) is 9.08. The molecule has 0 atom stereocenters. The minimum atomic E-state index is 0.0495. The molecule has 0 aliphatic carbocycles. The fraction of sp³-hybridized carbons (Fsp3) is 0.182. The van der Waals surface area contributed by atoms with Crippen molar-refractivity contribution in [2.45, 2.75) is 0 Å². The van der Waals surface area contributed by atoms with E-state index in [1.165, 1.54) is 0 Å². The second kappa shape index (κ2) is 5.46. The Hall–Kier alpha value is -1.27. The van der Waals surface area contributed by atoms with Crippen LogP contribution in [0.2, 0.25) is 0 Å². The van der Waals surface area contributed by atoms with Gasteiger partial charge in [0.1, 0.15) is 12.4 Å². The van der Waals surface area contributed by atoms with Gasteiger partial charge in [-0.3, -0.25) is 4.79 Å². The van der Waals surface area contributed by atoms with Gasteiger partial charge in [0, 0.05) is 5.56 Å². The molecule has 0 unspecified atom stereocenters. The number of hydrogen-bond acceptors (Lipinski definition) is 2. The molecule has 1 rings (SSSR count). The first kappa shape index (κ1) is 10.8. The van der Waals surface area contributed by atoms with Crippen LogP contribution in [0.3, 0.4) is 0 Å². The third-order valence-electron chi connectivity index (χ3n) is 1.62. The van der Waals surface area contributed by atoms with Crippen molar-refractivity contribution in [3.05, 3.63) is 29.8 Å². The number of carbonyl (C=O) groups excluding carboxylic acids is 1. The van der Waals surface area contributed by atoms with Gasteiger partial charge in [-0.1, -0.05) is 21.9 Å². The van der Waals surface area contributed by atoms with Crippen LogP contribution in [-0.2, 0) is 0 Å². The Kier molecular flexibility index (Phi) is 4.21. The van der Waals surface area contributed by atoms with E-state index in [0.717, 1.165) is 0 Å². The number of benzene rings is 1. The molecule has 0 heterocycles. The maximum absolute atomic E-state index is 11.2. The predicted molar refractivity (Wildman–Crippen MR) is 58.9 cm³/mol. The summed E-state index contributed by atoms with van der Waals surface area (Å²) in [5, 5.41) is 0.331. The van der Waals surface area contributed by atoms with E-state index in [1.54, 1.807) is 24.3 Å². The summed E-state index contributed by atoms with van der Waals surface area (Å²) in [5.74, 6) is 3.09. The zero-order chi connectivity index (χ0) is 10.4. The first-order chi connectivity index (χ1) is 6.77. The molecule has 14 heavy (non-hydrogen) atoms. The average Bonchev–Trinajstić information content (AvgIpc) is 2.26. The minimum absolute atomic E-state index is 0.0495. The number of carbonyl (C=O) groups is 1. The molecular weight excluding hydrogens is 244 g/mol. The summed E-state index contributed by atoms with van der Waals surface area (Å²) >= 11 is 3.10. The summed E-state index contributed by atoms with van der Waals surface area (Å²) in [6.07, 6.45) is 5.04. The topological polar surface area (TPSA) is 26.3 Å². The van der Waals surface area contributed by atoms with Gasteiger partial charge in [0.25, 0.3) is 0 Å². The minimum Gasteiger partial charge on any atom is -0.481 e. The molecule has 0 radical (unpaired) electrons. The van der Waals surface area contributed by atoms with Crippen molar-refractivity contribution in [3.63, 3.8) is 0 Å². The van der Waals surface area contributed by atoms with Crippen LogP contribution in [0.4, 0.5) is 0 Å². The van der Waals surface area contributed by atoms with Crippen molar-refractivity contribution in [2.75, 3.05) is 11.9 Å². The van der Waals surface area contributed by atoms with E-state index >= 15 is 0 Å². The number of alkyl halides is 1. The quantitative estimate of drug-likeness (QED) is 0.467. The van der Waals surface area contributed by atoms with Crippen LogP contribution in [0, 0.1) is 12.3 Å². The summed E-state index contributed by atoms with van der Waals surface area (Å²) < 4.78 is 5.16. The standard InChI is InChI=1S/C11H9BrO2/c1-2-7-14-10-5-3-9(4-6-10)11(13)8-12/h1,3-6H,7-8H2. The van der Waals surface area contributed by atoms with Crippen molar-refractivity contribution in [2.24, 2.45) is 0 Å². The monoisotopic (exact) mass is 252 g/mol. The Morgan fingerprint density at radius 1 is 1.43 bits per heavy atom. The molecule has 0 amide bonds. The number of hydrogen-bond donors (Lipinski definition) is 0. The normalized spacial score (nSPS) is 9.14. The van der Waals surface area contributed by atoms with Crippen molar-refractivity contribution < 1.29 is 9.53 Å². The second-order valence-electron chi connectivity index (χ2n) is 2.57. The molecule has 72 valence electrons. The van der Waals surface area contributed by atoms with Gasteiger partial charge in [0.05, 0.1) is 5.33 Å². The number of ether oxygens (including phenoxy) is 1. The molecule has 3 heteroatoms. The summed E-state index contributed by atoms with van der Waals surface area (Å²) in [5.41, 5.74) is 0.662. The summed E-state index contributed by atoms with van der Waals surface area (Å²) in [7, 11) is 0. The number of Topliss-reactive ketones (excluding diaryl/α,β-unsaturated/α-hetero) is 1. The highest BCUT2D eigenvalue weighted by Crippen LogP contribution is 2.12. The van der Waals surface area contributed by atoms with Gasteiger partial charge in [0.2, 0.25) is 0 Å². The predicted octanol–water partition coefficient (Wildman–Crippen LogP) is 2.28. The molecule has 0 aromatic heterocycles. The van der Waals surface area contributed by atoms with Gasteiger partial charge in [-0.05, 0) is 24.3 Å². The molecule has 0 bridgehead atoms. The average molecular weight is 253 g/mol. The van der Waals surface area contributed by atoms with Crippen LogP contribution in [0.15, 0.2) is 24.3 Å². The molecule has 0 aliphatic rings. The first-order valence-electron chi connectivity index (χ1n) is 4.03. The van der Waals surface area contributed by atoms with E-state index in [0.29, 0.717) is 16.6 Å². The van der Waals surface area contributed by atoms with Gasteiger partial charge >= 0.3 is 0 Å². The lowest BCUT2D eigenvalue weighted by Crippen LogP contribution is -2.00. The van der Waals surface area contributed by atoms with Crippen molar-refractivity contribution in [3.8, 4) is 18.1 Å². The maximum atomic E-state index is 11.2. The Bertz CT molecular complexity index is 349. The van der Waals surface area contributed by atoms with Gasteiger partial charge in [0.15, 0.2) is 5.78 Å². The number of terminal acetylenes is 1. The third-order valence-corrected chi connectivity index (χ3v) is 2.13. The smallest absolute Gasteiger partial charge is 0.173 e. The molecule has 0 saturated carbocycles. The van der Waals surface area contributed by atoms with E-state index in [2.05, 4.69) is 21.9 Å². The molecule has 1 aromatic carbocycles. The summed E-state index contributed by atoms with van der Waals surface area (Å²) in [6, 6.07) is 6.89. The molecular formula is C11H9BrO2. The van der Waals surface area contributed by atoms with Gasteiger partial charge < -0.3 is 4.74 Å².